The molecule has 0 saturated heterocycles. The summed E-state index contributed by atoms with van der Waals surface area (Å²) in [6, 6.07) is 0.848. The Morgan fingerprint density at radius 3 is 2.56 bits per heavy atom. The van der Waals surface area contributed by atoms with Crippen molar-refractivity contribution in [3.05, 3.63) is 51.3 Å². The lowest BCUT2D eigenvalue weighted by molar-refractivity contribution is 0.0517. The van der Waals surface area contributed by atoms with Crippen LogP contribution in [0.25, 0.3) is 17.0 Å². The number of hydrogen-bond donors (Lipinski definition) is 1. The van der Waals surface area contributed by atoms with Crippen molar-refractivity contribution in [2.75, 3.05) is 13.2 Å². The van der Waals surface area contributed by atoms with Gasteiger partial charge in [-0.2, -0.15) is 0 Å². The highest BCUT2D eigenvalue weighted by Gasteiger charge is 2.29. The molecule has 1 heterocycles. The van der Waals surface area contributed by atoms with Crippen LogP contribution in [-0.4, -0.2) is 35.4 Å². The number of rotatable bonds is 6. The largest absolute Gasteiger partial charge is 0.462 e. The van der Waals surface area contributed by atoms with Crippen molar-refractivity contribution in [3.63, 3.8) is 0 Å². The molecular weight excluding hydrogens is 422 g/mol. The maximum atomic E-state index is 15.4. The Labute approximate surface area is 184 Å². The Morgan fingerprint density at radius 2 is 1.97 bits per heavy atom. The van der Waals surface area contributed by atoms with Gasteiger partial charge in [0.2, 0.25) is 5.43 Å². The lowest BCUT2D eigenvalue weighted by atomic mass is 10.1. The fraction of sp³-hybridized carbons (Fsp3) is 0.435. The first-order valence-electron chi connectivity index (χ1n) is 10.4. The molecule has 32 heavy (non-hydrogen) atoms. The molecule has 3 rings (SSSR count). The molecule has 0 aliphatic heterocycles. The number of alkyl carbamates (subject to hydrolysis) is 1. The van der Waals surface area contributed by atoms with Crippen LogP contribution in [0.4, 0.5) is 13.6 Å². The Morgan fingerprint density at radius 1 is 1.28 bits per heavy atom. The van der Waals surface area contributed by atoms with Crippen molar-refractivity contribution < 1.29 is 27.8 Å². The van der Waals surface area contributed by atoms with Crippen LogP contribution in [-0.2, 0) is 9.47 Å². The molecule has 0 spiro atoms. The number of benzene rings is 1. The van der Waals surface area contributed by atoms with Gasteiger partial charge in [-0.1, -0.05) is 12.2 Å². The number of hydrogen-bond acceptors (Lipinski definition) is 5. The molecule has 1 fully saturated rings. The molecule has 1 aromatic carbocycles. The van der Waals surface area contributed by atoms with E-state index in [-0.39, 0.29) is 41.2 Å². The van der Waals surface area contributed by atoms with Gasteiger partial charge < -0.3 is 19.4 Å². The third kappa shape index (κ3) is 5.15. The van der Waals surface area contributed by atoms with Crippen molar-refractivity contribution in [2.24, 2.45) is 0 Å². The zero-order valence-corrected chi connectivity index (χ0v) is 18.5. The minimum Gasteiger partial charge on any atom is -0.462 e. The van der Waals surface area contributed by atoms with E-state index >= 15 is 4.39 Å². The summed E-state index contributed by atoms with van der Waals surface area (Å²) < 4.78 is 41.6. The zero-order valence-electron chi connectivity index (χ0n) is 18.5. The molecule has 1 saturated carbocycles. The van der Waals surface area contributed by atoms with E-state index in [4.69, 9.17) is 9.47 Å². The Bertz CT molecular complexity index is 1140. The highest BCUT2D eigenvalue weighted by atomic mass is 19.1. The summed E-state index contributed by atoms with van der Waals surface area (Å²) in [4.78, 5) is 36.6. The molecule has 0 bridgehead atoms. The predicted octanol–water partition coefficient (Wildman–Crippen LogP) is 4.33. The third-order valence-electron chi connectivity index (χ3n) is 4.73. The summed E-state index contributed by atoms with van der Waals surface area (Å²) in [5.74, 6) is -2.69. The molecule has 0 unspecified atom stereocenters. The molecule has 1 aromatic heterocycles. The zero-order chi connectivity index (χ0) is 23.6. The minimum absolute atomic E-state index is 0.0109. The van der Waals surface area contributed by atoms with Crippen LogP contribution in [0.1, 0.15) is 62.5 Å². The van der Waals surface area contributed by atoms with Gasteiger partial charge >= 0.3 is 12.1 Å². The number of halogens is 2. The predicted molar refractivity (Wildman–Crippen MR) is 116 cm³/mol. The molecule has 1 N–H and O–H groups in total. The van der Waals surface area contributed by atoms with E-state index < -0.39 is 34.7 Å². The number of fused-ring (bicyclic) bond motifs is 1. The van der Waals surface area contributed by atoms with Gasteiger partial charge in [0.05, 0.1) is 17.5 Å². The molecule has 0 atom stereocenters. The molecule has 0 radical (unpaired) electrons. The SMILES string of the molecule is CCOC(=O)c1cn(C2CC2)c2c(F)c(/C=C\CNC(=O)OC(C)(C)C)c(F)cc2c1=O. The van der Waals surface area contributed by atoms with E-state index in [0.717, 1.165) is 18.9 Å². The van der Waals surface area contributed by atoms with E-state index in [0.29, 0.717) is 0 Å². The molecule has 172 valence electrons. The highest BCUT2D eigenvalue weighted by molar-refractivity contribution is 5.94. The smallest absolute Gasteiger partial charge is 0.407 e. The summed E-state index contributed by atoms with van der Waals surface area (Å²) in [6.45, 7) is 6.82. The molecule has 1 amide bonds. The van der Waals surface area contributed by atoms with E-state index in [1.807, 2.05) is 0 Å². The van der Waals surface area contributed by atoms with Crippen LogP contribution in [0.15, 0.2) is 23.1 Å². The second-order valence-corrected chi connectivity index (χ2v) is 8.50. The quantitative estimate of drug-likeness (QED) is 0.665. The summed E-state index contributed by atoms with van der Waals surface area (Å²) in [5, 5.41) is 2.25. The average molecular weight is 448 g/mol. The lowest BCUT2D eigenvalue weighted by Crippen LogP contribution is -2.32. The third-order valence-corrected chi connectivity index (χ3v) is 4.73. The Hall–Kier alpha value is -3.23. The number of pyridine rings is 1. The number of carbonyl (C=O) groups is 2. The number of nitrogens with zero attached hydrogens (tertiary/aromatic N) is 1. The van der Waals surface area contributed by atoms with E-state index in [2.05, 4.69) is 5.32 Å². The van der Waals surface area contributed by atoms with Gasteiger partial charge in [0.15, 0.2) is 5.82 Å². The first kappa shape index (κ1) is 23.4. The molecule has 1 aliphatic carbocycles. The van der Waals surface area contributed by atoms with Gasteiger partial charge in [0.1, 0.15) is 17.0 Å². The summed E-state index contributed by atoms with van der Waals surface area (Å²) in [5.41, 5.74) is -2.11. The number of carbonyl (C=O) groups excluding carboxylic acids is 2. The Kier molecular flexibility index (Phi) is 6.66. The maximum Gasteiger partial charge on any atom is 0.407 e. The van der Waals surface area contributed by atoms with Crippen LogP contribution in [0.5, 0.6) is 0 Å². The number of ether oxygens (including phenoxy) is 2. The second kappa shape index (κ2) is 9.10. The first-order valence-corrected chi connectivity index (χ1v) is 10.4. The van der Waals surface area contributed by atoms with Gasteiger partial charge in [-0.05, 0) is 46.6 Å². The van der Waals surface area contributed by atoms with Crippen molar-refractivity contribution in [2.45, 2.75) is 52.2 Å². The topological polar surface area (TPSA) is 86.6 Å². The minimum atomic E-state index is -0.955. The van der Waals surface area contributed by atoms with E-state index in [9.17, 15) is 18.8 Å². The van der Waals surface area contributed by atoms with Gasteiger partial charge in [0.25, 0.3) is 0 Å². The molecule has 1 aliphatic rings. The van der Waals surface area contributed by atoms with Crippen LogP contribution < -0.4 is 10.7 Å². The summed E-state index contributed by atoms with van der Waals surface area (Å²) >= 11 is 0. The van der Waals surface area contributed by atoms with Crippen LogP contribution >= 0.6 is 0 Å². The van der Waals surface area contributed by atoms with E-state index in [1.165, 1.54) is 22.9 Å². The van der Waals surface area contributed by atoms with Crippen LogP contribution in [0.2, 0.25) is 0 Å². The molecule has 7 nitrogen and oxygen atoms in total. The van der Waals surface area contributed by atoms with Crippen LogP contribution in [0.3, 0.4) is 0 Å². The number of amides is 1. The molecule has 9 heteroatoms. The van der Waals surface area contributed by atoms with Crippen LogP contribution in [0, 0.1) is 11.6 Å². The van der Waals surface area contributed by atoms with Crippen molar-refractivity contribution >= 4 is 29.0 Å². The number of esters is 1. The molecular formula is C23H26F2N2O5. The average Bonchev–Trinajstić information content (AvgIpc) is 3.52. The van der Waals surface area contributed by atoms with Gasteiger partial charge in [-0.25, -0.2) is 18.4 Å². The van der Waals surface area contributed by atoms with Crippen molar-refractivity contribution in [1.29, 1.82) is 0 Å². The monoisotopic (exact) mass is 448 g/mol. The van der Waals surface area contributed by atoms with Crippen molar-refractivity contribution in [1.82, 2.24) is 9.88 Å². The summed E-state index contributed by atoms with van der Waals surface area (Å²) in [7, 11) is 0. The Balaban J connectivity index is 1.97. The van der Waals surface area contributed by atoms with Gasteiger partial charge in [0, 0.05) is 24.3 Å². The van der Waals surface area contributed by atoms with E-state index in [1.54, 1.807) is 27.7 Å². The van der Waals surface area contributed by atoms with Crippen molar-refractivity contribution in [3.8, 4) is 0 Å². The first-order chi connectivity index (χ1) is 15.0. The van der Waals surface area contributed by atoms with Gasteiger partial charge in [-0.3, -0.25) is 4.79 Å². The maximum absolute atomic E-state index is 15.4. The molecule has 2 aromatic rings. The van der Waals surface area contributed by atoms with Gasteiger partial charge in [-0.15, -0.1) is 0 Å². The normalized spacial score (nSPS) is 14.1. The number of aromatic nitrogens is 1. The standard InChI is InChI=1S/C23H26F2N2O5/c1-5-31-21(29)16-12-27(13-8-9-13)19-15(20(16)28)11-17(24)14(18(19)25)7-6-10-26-22(30)32-23(2,3)4/h6-7,11-13H,5,8-10H2,1-4H3,(H,26,30)/b7-6-. The highest BCUT2D eigenvalue weighted by Crippen LogP contribution is 2.38. The number of nitrogens with one attached hydrogen (secondary N) is 1. The fourth-order valence-corrected chi connectivity index (χ4v) is 3.24. The second-order valence-electron chi connectivity index (χ2n) is 8.50. The lowest BCUT2D eigenvalue weighted by Gasteiger charge is -2.19. The fourth-order valence-electron chi connectivity index (χ4n) is 3.24. The summed E-state index contributed by atoms with van der Waals surface area (Å²) in [6.07, 6.45) is 4.71.